The molecule has 2 heterocycles. The van der Waals surface area contributed by atoms with E-state index in [4.69, 9.17) is 14.0 Å². The molecule has 1 fully saturated rings. The smallest absolute Gasteiger partial charge is 0.244 e. The zero-order valence-electron chi connectivity index (χ0n) is 14.6. The normalized spacial score (nSPS) is 21.3. The number of aryl methyl sites for hydroxylation is 2. The molecule has 0 aliphatic carbocycles. The number of hydrogen-bond donors (Lipinski definition) is 0. The molecule has 2 atom stereocenters. The molecule has 1 aliphatic rings. The second-order valence-electron chi connectivity index (χ2n) is 6.20. The van der Waals surface area contributed by atoms with E-state index in [1.807, 2.05) is 19.1 Å². The van der Waals surface area contributed by atoms with Crippen molar-refractivity contribution in [1.29, 1.82) is 0 Å². The fourth-order valence-corrected chi connectivity index (χ4v) is 3.37. The van der Waals surface area contributed by atoms with Gasteiger partial charge in [-0.2, -0.15) is 4.98 Å². The quantitative estimate of drug-likeness (QED) is 0.777. The molecule has 1 aromatic carbocycles. The van der Waals surface area contributed by atoms with E-state index in [0.717, 1.165) is 38.1 Å². The molecule has 6 heteroatoms. The van der Waals surface area contributed by atoms with Crippen molar-refractivity contribution in [3.8, 4) is 5.75 Å². The minimum atomic E-state index is 0.147. The van der Waals surface area contributed by atoms with E-state index in [-0.39, 0.29) is 12.1 Å². The van der Waals surface area contributed by atoms with Crippen LogP contribution in [0.5, 0.6) is 5.75 Å². The van der Waals surface area contributed by atoms with Crippen LogP contribution >= 0.6 is 0 Å². The van der Waals surface area contributed by atoms with Crippen LogP contribution in [0.4, 0.5) is 0 Å². The second kappa shape index (κ2) is 7.77. The van der Waals surface area contributed by atoms with Crippen LogP contribution in [0.1, 0.15) is 36.2 Å². The average Bonchev–Trinajstić information content (AvgIpc) is 3.21. The average molecular weight is 331 g/mol. The SMILES string of the molecule is COc1ccccc1CCCN1C[C@H](OC)C[C@@H]1c1nc(C)no1. The second-order valence-corrected chi connectivity index (χ2v) is 6.20. The van der Waals surface area contributed by atoms with Crippen LogP contribution in [-0.2, 0) is 11.2 Å². The Morgan fingerprint density at radius 1 is 1.29 bits per heavy atom. The Kier molecular flexibility index (Phi) is 5.48. The van der Waals surface area contributed by atoms with Crippen LogP contribution in [0, 0.1) is 6.92 Å². The molecule has 130 valence electrons. The molecule has 24 heavy (non-hydrogen) atoms. The number of rotatable bonds is 7. The zero-order chi connectivity index (χ0) is 16.9. The lowest BCUT2D eigenvalue weighted by atomic mass is 10.1. The van der Waals surface area contributed by atoms with Crippen molar-refractivity contribution in [2.24, 2.45) is 0 Å². The Morgan fingerprint density at radius 2 is 2.12 bits per heavy atom. The Hall–Kier alpha value is -1.92. The van der Waals surface area contributed by atoms with E-state index < -0.39 is 0 Å². The molecule has 0 radical (unpaired) electrons. The van der Waals surface area contributed by atoms with Gasteiger partial charge >= 0.3 is 0 Å². The molecule has 0 unspecified atom stereocenters. The third-order valence-electron chi connectivity index (χ3n) is 4.61. The molecular formula is C18H25N3O3. The van der Waals surface area contributed by atoms with Crippen LogP contribution in [0.15, 0.2) is 28.8 Å². The van der Waals surface area contributed by atoms with Gasteiger partial charge in [-0.3, -0.25) is 4.90 Å². The highest BCUT2D eigenvalue weighted by Crippen LogP contribution is 2.32. The van der Waals surface area contributed by atoms with Gasteiger partial charge in [-0.1, -0.05) is 23.4 Å². The van der Waals surface area contributed by atoms with Crippen molar-refractivity contribution in [2.45, 2.75) is 38.3 Å². The van der Waals surface area contributed by atoms with Gasteiger partial charge in [0.15, 0.2) is 5.82 Å². The standard InChI is InChI=1S/C18H25N3O3/c1-13-19-18(24-20-13)16-11-15(22-2)12-21(16)10-6-8-14-7-4-5-9-17(14)23-3/h4-5,7,9,15-16H,6,8,10-12H2,1-3H3/t15-,16-/m1/s1. The summed E-state index contributed by atoms with van der Waals surface area (Å²) in [5.74, 6) is 2.34. The first-order valence-electron chi connectivity index (χ1n) is 8.40. The van der Waals surface area contributed by atoms with E-state index in [1.165, 1.54) is 5.56 Å². The van der Waals surface area contributed by atoms with Gasteiger partial charge in [0.2, 0.25) is 5.89 Å². The molecule has 3 rings (SSSR count). The molecule has 0 bridgehead atoms. The van der Waals surface area contributed by atoms with Crippen molar-refractivity contribution in [3.63, 3.8) is 0 Å². The summed E-state index contributed by atoms with van der Waals surface area (Å²) in [6.07, 6.45) is 3.13. The van der Waals surface area contributed by atoms with Gasteiger partial charge in [0.1, 0.15) is 5.75 Å². The summed E-state index contributed by atoms with van der Waals surface area (Å²) < 4.78 is 16.4. The van der Waals surface area contributed by atoms with E-state index in [9.17, 15) is 0 Å². The van der Waals surface area contributed by atoms with Crippen molar-refractivity contribution >= 4 is 0 Å². The lowest BCUT2D eigenvalue weighted by Gasteiger charge is -2.21. The fraction of sp³-hybridized carbons (Fsp3) is 0.556. The molecule has 1 aromatic heterocycles. The summed E-state index contributed by atoms with van der Waals surface area (Å²) in [7, 11) is 3.48. The first-order valence-corrected chi connectivity index (χ1v) is 8.40. The minimum absolute atomic E-state index is 0.147. The lowest BCUT2D eigenvalue weighted by molar-refractivity contribution is 0.108. The molecular weight excluding hydrogens is 306 g/mol. The Labute approximate surface area is 142 Å². The highest BCUT2D eigenvalue weighted by atomic mass is 16.5. The molecule has 0 spiro atoms. The van der Waals surface area contributed by atoms with Crippen LogP contribution in [0.3, 0.4) is 0 Å². The van der Waals surface area contributed by atoms with Crippen LogP contribution in [0.25, 0.3) is 0 Å². The number of ether oxygens (including phenoxy) is 2. The van der Waals surface area contributed by atoms with Gasteiger partial charge < -0.3 is 14.0 Å². The Morgan fingerprint density at radius 3 is 2.83 bits per heavy atom. The third kappa shape index (κ3) is 3.76. The Balaban J connectivity index is 1.62. The maximum absolute atomic E-state index is 5.55. The summed E-state index contributed by atoms with van der Waals surface area (Å²) in [5.41, 5.74) is 1.24. The number of likely N-dealkylation sites (tertiary alicyclic amines) is 1. The van der Waals surface area contributed by atoms with Crippen LogP contribution in [0.2, 0.25) is 0 Å². The summed E-state index contributed by atoms with van der Waals surface area (Å²) in [4.78, 5) is 6.80. The molecule has 0 N–H and O–H groups in total. The molecule has 2 aromatic rings. The minimum Gasteiger partial charge on any atom is -0.496 e. The van der Waals surface area contributed by atoms with E-state index in [2.05, 4.69) is 27.2 Å². The van der Waals surface area contributed by atoms with Gasteiger partial charge in [0.05, 0.1) is 19.3 Å². The number of benzene rings is 1. The summed E-state index contributed by atoms with van der Waals surface area (Å²) >= 11 is 0. The van der Waals surface area contributed by atoms with Crippen molar-refractivity contribution < 1.29 is 14.0 Å². The van der Waals surface area contributed by atoms with Gasteiger partial charge in [-0.15, -0.1) is 0 Å². The van der Waals surface area contributed by atoms with E-state index >= 15 is 0 Å². The van der Waals surface area contributed by atoms with E-state index in [1.54, 1.807) is 14.2 Å². The maximum atomic E-state index is 5.55. The molecule has 1 aliphatic heterocycles. The summed E-state index contributed by atoms with van der Waals surface area (Å²) in [6.45, 7) is 3.71. The van der Waals surface area contributed by atoms with Gasteiger partial charge in [0, 0.05) is 13.7 Å². The number of para-hydroxylation sites is 1. The van der Waals surface area contributed by atoms with Crippen molar-refractivity contribution in [3.05, 3.63) is 41.5 Å². The van der Waals surface area contributed by atoms with Crippen LogP contribution < -0.4 is 4.74 Å². The first-order chi connectivity index (χ1) is 11.7. The number of methoxy groups -OCH3 is 2. The predicted molar refractivity (Wildman–Crippen MR) is 90.1 cm³/mol. The summed E-state index contributed by atoms with van der Waals surface area (Å²) in [6, 6.07) is 8.34. The highest BCUT2D eigenvalue weighted by Gasteiger charge is 2.36. The molecule has 0 amide bonds. The Bertz CT molecular complexity index is 658. The van der Waals surface area contributed by atoms with Crippen molar-refractivity contribution in [1.82, 2.24) is 15.0 Å². The zero-order valence-corrected chi connectivity index (χ0v) is 14.6. The molecule has 0 saturated carbocycles. The monoisotopic (exact) mass is 331 g/mol. The van der Waals surface area contributed by atoms with Crippen molar-refractivity contribution in [2.75, 3.05) is 27.3 Å². The maximum Gasteiger partial charge on any atom is 0.244 e. The topological polar surface area (TPSA) is 60.6 Å². The number of nitrogens with zero attached hydrogens (tertiary/aromatic N) is 3. The summed E-state index contributed by atoms with van der Waals surface area (Å²) in [5, 5.41) is 3.93. The van der Waals surface area contributed by atoms with Gasteiger partial charge in [-0.25, -0.2) is 0 Å². The largest absolute Gasteiger partial charge is 0.496 e. The van der Waals surface area contributed by atoms with Crippen LogP contribution in [-0.4, -0.2) is 48.5 Å². The van der Waals surface area contributed by atoms with E-state index in [0.29, 0.717) is 11.7 Å². The predicted octanol–water partition coefficient (Wildman–Crippen LogP) is 2.78. The van der Waals surface area contributed by atoms with Gasteiger partial charge in [-0.05, 0) is 44.4 Å². The third-order valence-corrected chi connectivity index (χ3v) is 4.61. The number of aromatic nitrogens is 2. The highest BCUT2D eigenvalue weighted by molar-refractivity contribution is 5.33. The lowest BCUT2D eigenvalue weighted by Crippen LogP contribution is -2.27. The van der Waals surface area contributed by atoms with Gasteiger partial charge in [0.25, 0.3) is 0 Å². The first kappa shape index (κ1) is 16.9. The fourth-order valence-electron chi connectivity index (χ4n) is 3.37. The number of hydrogen-bond acceptors (Lipinski definition) is 6. The molecule has 1 saturated heterocycles. The molecule has 6 nitrogen and oxygen atoms in total.